The number of nitrogens with zero attached hydrogens (tertiary/aromatic N) is 1. The van der Waals surface area contributed by atoms with Crippen LogP contribution in [-0.2, 0) is 52.3 Å². The number of esters is 6. The highest BCUT2D eigenvalue weighted by Gasteiger charge is 2.63. The van der Waals surface area contributed by atoms with Crippen molar-refractivity contribution in [3.63, 3.8) is 0 Å². The van der Waals surface area contributed by atoms with E-state index in [0.717, 1.165) is 39.8 Å². The summed E-state index contributed by atoms with van der Waals surface area (Å²) in [6, 6.07) is 1.28. The third-order valence-electron chi connectivity index (χ3n) is 7.48. The lowest BCUT2D eigenvalue weighted by Gasteiger charge is -2.48. The number of benzene rings is 2. The Hall–Kier alpha value is -3.56. The van der Waals surface area contributed by atoms with E-state index in [2.05, 4.69) is 0 Å². The fourth-order valence-corrected chi connectivity index (χ4v) is 10.1. The van der Waals surface area contributed by atoms with Crippen molar-refractivity contribution < 1.29 is 71.6 Å². The molecule has 2 aromatic carbocycles. The van der Waals surface area contributed by atoms with Crippen LogP contribution in [0.4, 0.5) is 5.69 Å². The van der Waals surface area contributed by atoms with Crippen molar-refractivity contribution in [2.45, 2.75) is 71.7 Å². The number of Topliss-reactive ketones (excluding diaryl/α,β-unsaturated/α-hetero) is 1. The Bertz CT molecular complexity index is 1860. The fraction of sp³-hybridized carbons (Fsp3) is 0.424. The van der Waals surface area contributed by atoms with Gasteiger partial charge in [0.1, 0.15) is 24.3 Å². The minimum Gasteiger partial charge on any atom is -0.463 e. The van der Waals surface area contributed by atoms with Crippen molar-refractivity contribution >= 4 is 115 Å². The standard InChI is InChI=1S/C33H33I3N2O16/c1-7-48-31(44)22-24(34)21(25(35)23(26(22)36)32(45)49-8-2)17-9-10-18(19(11-17)38(46)47)30(43)33(53-16(6)42)29(37)28(52-15(5)41)27(51-14(4)40)20(54-33)12-50-13(3)39/h9-11,20,27-29H,7-8,12,37H2,1-6H3/t20-,27-,28+,29-,33?/m1/s1. The van der Waals surface area contributed by atoms with Crippen molar-refractivity contribution in [2.24, 2.45) is 5.73 Å². The molecule has 1 unspecified atom stereocenters. The Morgan fingerprint density at radius 2 is 1.31 bits per heavy atom. The quantitative estimate of drug-likeness (QED) is 0.0742. The van der Waals surface area contributed by atoms with Gasteiger partial charge < -0.3 is 38.9 Å². The van der Waals surface area contributed by atoms with E-state index in [0.29, 0.717) is 0 Å². The maximum Gasteiger partial charge on any atom is 0.340 e. The van der Waals surface area contributed by atoms with Crippen LogP contribution >= 0.6 is 67.8 Å². The number of nitrogens with two attached hydrogens (primary N) is 1. The first kappa shape index (κ1) is 44.8. The number of carbonyl (C=O) groups excluding carboxylic acids is 7. The van der Waals surface area contributed by atoms with Crippen LogP contribution in [0, 0.1) is 20.8 Å². The molecule has 1 fully saturated rings. The Kier molecular flexibility index (Phi) is 15.7. The first-order chi connectivity index (χ1) is 25.2. The number of ether oxygens (including phenoxy) is 7. The first-order valence-electron chi connectivity index (χ1n) is 15.7. The summed E-state index contributed by atoms with van der Waals surface area (Å²) in [4.78, 5) is 101. The molecule has 54 heavy (non-hydrogen) atoms. The molecule has 1 aliphatic rings. The molecule has 2 aromatic rings. The molecule has 3 rings (SSSR count). The summed E-state index contributed by atoms with van der Waals surface area (Å²) in [5, 5.41) is 12.7. The molecule has 0 aromatic heterocycles. The van der Waals surface area contributed by atoms with Gasteiger partial charge in [0.15, 0.2) is 12.2 Å². The zero-order valence-corrected chi connectivity index (χ0v) is 35.8. The average molecular weight is 1090 g/mol. The highest BCUT2D eigenvalue weighted by atomic mass is 127. The van der Waals surface area contributed by atoms with E-state index in [4.69, 9.17) is 38.9 Å². The maximum atomic E-state index is 14.6. The normalized spacial score (nSPS) is 20.6. The lowest BCUT2D eigenvalue weighted by Crippen LogP contribution is -2.73. The molecule has 5 atom stereocenters. The predicted molar refractivity (Wildman–Crippen MR) is 208 cm³/mol. The molecule has 18 nitrogen and oxygen atoms in total. The van der Waals surface area contributed by atoms with E-state index in [-0.39, 0.29) is 46.2 Å². The van der Waals surface area contributed by atoms with E-state index in [1.807, 2.05) is 67.8 Å². The van der Waals surface area contributed by atoms with Gasteiger partial charge in [-0.15, -0.1) is 0 Å². The van der Waals surface area contributed by atoms with Crippen molar-refractivity contribution in [2.75, 3.05) is 19.8 Å². The molecular weight excluding hydrogens is 1060 g/mol. The van der Waals surface area contributed by atoms with Crippen LogP contribution in [0.5, 0.6) is 0 Å². The minimum absolute atomic E-state index is 0.000698. The van der Waals surface area contributed by atoms with Gasteiger partial charge in [-0.05, 0) is 93.2 Å². The summed E-state index contributed by atoms with van der Waals surface area (Å²) < 4.78 is 38.2. The van der Waals surface area contributed by atoms with Crippen LogP contribution in [-0.4, -0.2) is 96.5 Å². The maximum absolute atomic E-state index is 14.6. The summed E-state index contributed by atoms with van der Waals surface area (Å²) in [6.45, 7) is 6.32. The van der Waals surface area contributed by atoms with Crippen molar-refractivity contribution in [3.05, 3.63) is 55.7 Å². The van der Waals surface area contributed by atoms with Gasteiger partial charge in [-0.2, -0.15) is 0 Å². The predicted octanol–water partition coefficient (Wildman–Crippen LogP) is 4.02. The van der Waals surface area contributed by atoms with Gasteiger partial charge in [0.25, 0.3) is 11.5 Å². The van der Waals surface area contributed by atoms with E-state index in [1.54, 1.807) is 13.8 Å². The molecule has 0 saturated carbocycles. The number of nitro groups is 1. The second kappa shape index (κ2) is 18.9. The van der Waals surface area contributed by atoms with Crippen LogP contribution < -0.4 is 5.73 Å². The molecule has 21 heteroatoms. The van der Waals surface area contributed by atoms with Crippen LogP contribution in [0.15, 0.2) is 18.2 Å². The topological polar surface area (TPSA) is 253 Å². The lowest BCUT2D eigenvalue weighted by molar-refractivity contribution is -0.385. The van der Waals surface area contributed by atoms with Gasteiger partial charge >= 0.3 is 35.8 Å². The molecule has 1 aliphatic heterocycles. The van der Waals surface area contributed by atoms with Gasteiger partial charge in [0, 0.05) is 50.0 Å². The number of nitro benzene ring substituents is 1. The molecule has 292 valence electrons. The number of rotatable bonds is 13. The Labute approximate surface area is 348 Å². The zero-order valence-electron chi connectivity index (χ0n) is 29.4. The minimum atomic E-state index is -3.00. The Morgan fingerprint density at radius 3 is 1.76 bits per heavy atom. The van der Waals surface area contributed by atoms with E-state index in [1.165, 1.54) is 6.07 Å². The number of ketones is 1. The third kappa shape index (κ3) is 9.62. The molecular formula is C33H33I3N2O16. The summed E-state index contributed by atoms with van der Waals surface area (Å²) in [6.07, 6.45) is -5.09. The summed E-state index contributed by atoms with van der Waals surface area (Å²) >= 11 is 5.51. The smallest absolute Gasteiger partial charge is 0.340 e. The van der Waals surface area contributed by atoms with E-state index in [9.17, 15) is 43.7 Å². The van der Waals surface area contributed by atoms with E-state index < -0.39 is 94.5 Å². The highest BCUT2D eigenvalue weighted by Crippen LogP contribution is 2.42. The molecule has 0 bridgehead atoms. The SMILES string of the molecule is CCOC(=O)c1c(I)c(C(=O)OCC)c(I)c(-c2ccc(C(=O)C3(OC(C)=O)O[C@H](COC(C)=O)[C@@H](OC(C)=O)[C@H](OC(C)=O)[C@H]3N)c([N+](=O)[O-])c2)c1I. The molecule has 1 saturated heterocycles. The van der Waals surface area contributed by atoms with Gasteiger partial charge in [-0.25, -0.2) is 9.59 Å². The first-order valence-corrected chi connectivity index (χ1v) is 19.0. The number of halogens is 3. The molecule has 0 amide bonds. The van der Waals surface area contributed by atoms with Gasteiger partial charge in [-0.1, -0.05) is 6.07 Å². The van der Waals surface area contributed by atoms with Gasteiger partial charge in [0.05, 0.1) is 29.3 Å². The van der Waals surface area contributed by atoms with Crippen molar-refractivity contribution in [1.29, 1.82) is 0 Å². The number of carbonyl (C=O) groups is 7. The third-order valence-corrected chi connectivity index (χ3v) is 10.7. The monoisotopic (exact) mass is 1090 g/mol. The van der Waals surface area contributed by atoms with Gasteiger partial charge in [-0.3, -0.25) is 34.1 Å². The van der Waals surface area contributed by atoms with Crippen molar-refractivity contribution in [3.8, 4) is 11.1 Å². The van der Waals surface area contributed by atoms with Crippen molar-refractivity contribution in [1.82, 2.24) is 0 Å². The lowest BCUT2D eigenvalue weighted by atomic mass is 9.84. The second-order valence-electron chi connectivity index (χ2n) is 11.2. The van der Waals surface area contributed by atoms with Crippen LogP contribution in [0.1, 0.15) is 72.6 Å². The zero-order chi connectivity index (χ0) is 40.8. The molecule has 0 aliphatic carbocycles. The molecule has 1 heterocycles. The largest absolute Gasteiger partial charge is 0.463 e. The van der Waals surface area contributed by atoms with Crippen LogP contribution in [0.25, 0.3) is 11.1 Å². The summed E-state index contributed by atoms with van der Waals surface area (Å²) in [7, 11) is 0. The average Bonchev–Trinajstić information content (AvgIpc) is 3.06. The van der Waals surface area contributed by atoms with E-state index >= 15 is 0 Å². The number of hydrogen-bond donors (Lipinski definition) is 1. The molecule has 0 spiro atoms. The highest BCUT2D eigenvalue weighted by molar-refractivity contribution is 14.1. The summed E-state index contributed by atoms with van der Waals surface area (Å²) in [5.74, 6) is -9.87. The number of hydrogen-bond acceptors (Lipinski definition) is 17. The summed E-state index contributed by atoms with van der Waals surface area (Å²) in [5.41, 5.74) is 5.11. The second-order valence-corrected chi connectivity index (χ2v) is 14.5. The Balaban J connectivity index is 2.38. The molecule has 2 N–H and O–H groups in total. The Morgan fingerprint density at radius 1 is 0.796 bits per heavy atom. The van der Waals surface area contributed by atoms with Crippen LogP contribution in [0.3, 0.4) is 0 Å². The van der Waals surface area contributed by atoms with Gasteiger partial charge in [0.2, 0.25) is 5.78 Å². The van der Waals surface area contributed by atoms with Crippen LogP contribution in [0.2, 0.25) is 0 Å². The molecule has 0 radical (unpaired) electrons. The fourth-order valence-electron chi connectivity index (χ4n) is 5.45.